The Balaban J connectivity index is -0.0000000450. The zero-order valence-electron chi connectivity index (χ0n) is 2.63. The summed E-state index contributed by atoms with van der Waals surface area (Å²) in [5.74, 6) is 0. The van der Waals surface area contributed by atoms with Gasteiger partial charge in [-0.15, -0.1) is 0 Å². The van der Waals surface area contributed by atoms with E-state index in [1.165, 1.54) is 0 Å². The van der Waals surface area contributed by atoms with Gasteiger partial charge in [-0.1, -0.05) is 0 Å². The molecule has 4 nitrogen and oxygen atoms in total. The van der Waals surface area contributed by atoms with Gasteiger partial charge in [-0.3, -0.25) is 7.32 Å². The summed E-state index contributed by atoms with van der Waals surface area (Å²) in [6, 6.07) is 0. The quantitative estimate of drug-likeness (QED) is 0.311. The molecule has 39 valence electrons. The van der Waals surface area contributed by atoms with E-state index in [0.717, 1.165) is 0 Å². The molecule has 1 radical (unpaired) electrons. The molecule has 0 aliphatic carbocycles. The SMILES string of the molecule is [Mn].[O-]B([O-])[O-].[OH-]. The molecule has 1 N–H and O–H groups in total. The molecule has 0 aromatic carbocycles. The largest absolute Gasteiger partial charge is 0.907 e. The van der Waals surface area contributed by atoms with Gasteiger partial charge in [0.2, 0.25) is 0 Å². The third-order valence-corrected chi connectivity index (χ3v) is 0. The van der Waals surface area contributed by atoms with E-state index in [-0.39, 0.29) is 22.5 Å². The van der Waals surface area contributed by atoms with E-state index in [2.05, 4.69) is 0 Å². The molecule has 6 heteroatoms. The molecule has 0 aliphatic rings. The Bertz CT molecular complexity index is 12.3. The van der Waals surface area contributed by atoms with Crippen molar-refractivity contribution in [2.24, 2.45) is 0 Å². The molecular weight excluding hydrogens is 130 g/mol. The number of hydrogen-bond donors (Lipinski definition) is 0. The molecular formula is HBMnO4-4. The van der Waals surface area contributed by atoms with Crippen LogP contribution in [0.1, 0.15) is 0 Å². The second kappa shape index (κ2) is 9.06. The summed E-state index contributed by atoms with van der Waals surface area (Å²) in [6.07, 6.45) is 0. The standard InChI is InChI=1S/BO3.Mn.H2O/c2-1(3)4;;/h;;1H2/q-3;;/p-1. The van der Waals surface area contributed by atoms with Gasteiger partial charge in [0.1, 0.15) is 0 Å². The van der Waals surface area contributed by atoms with Gasteiger partial charge in [0.15, 0.2) is 0 Å². The second-order valence-corrected chi connectivity index (χ2v) is 0.289. The summed E-state index contributed by atoms with van der Waals surface area (Å²) in [6.45, 7) is 0. The van der Waals surface area contributed by atoms with E-state index < -0.39 is 7.32 Å². The van der Waals surface area contributed by atoms with Crippen molar-refractivity contribution in [2.45, 2.75) is 0 Å². The Morgan fingerprint density at radius 2 is 1.00 bits per heavy atom. The first-order valence-corrected chi connectivity index (χ1v) is 0.707. The van der Waals surface area contributed by atoms with Gasteiger partial charge in [0.05, 0.1) is 0 Å². The molecule has 6 heavy (non-hydrogen) atoms. The summed E-state index contributed by atoms with van der Waals surface area (Å²) in [5, 5.41) is 25.2. The van der Waals surface area contributed by atoms with Crippen LogP contribution in [0.25, 0.3) is 0 Å². The Hall–Kier alpha value is 0.424. The third kappa shape index (κ3) is 288. The maximum atomic E-state index is 8.42. The van der Waals surface area contributed by atoms with E-state index in [1.54, 1.807) is 0 Å². The minimum Gasteiger partial charge on any atom is -0.907 e. The van der Waals surface area contributed by atoms with Crippen LogP contribution >= 0.6 is 0 Å². The van der Waals surface area contributed by atoms with Crippen LogP contribution in [0.5, 0.6) is 0 Å². The normalized spacial score (nSPS) is 4.50. The molecule has 0 aromatic rings. The van der Waals surface area contributed by atoms with Gasteiger partial charge < -0.3 is 20.5 Å². The molecule has 0 rings (SSSR count). The Kier molecular flexibility index (Phi) is 24.3. The van der Waals surface area contributed by atoms with E-state index in [9.17, 15) is 0 Å². The van der Waals surface area contributed by atoms with Crippen LogP contribution in [0.15, 0.2) is 0 Å². The molecule has 0 aliphatic heterocycles. The van der Waals surface area contributed by atoms with E-state index in [4.69, 9.17) is 15.1 Å². The van der Waals surface area contributed by atoms with Gasteiger partial charge >= 0.3 is 0 Å². The monoisotopic (exact) mass is 131 g/mol. The molecule has 0 saturated heterocycles. The third-order valence-electron chi connectivity index (χ3n) is 0. The predicted octanol–water partition coefficient (Wildman–Crippen LogP) is -4.13. The second-order valence-electron chi connectivity index (χ2n) is 0.289. The van der Waals surface area contributed by atoms with Crippen molar-refractivity contribution in [1.82, 2.24) is 0 Å². The summed E-state index contributed by atoms with van der Waals surface area (Å²) in [5.41, 5.74) is 0. The van der Waals surface area contributed by atoms with Crippen molar-refractivity contribution in [3.8, 4) is 0 Å². The van der Waals surface area contributed by atoms with Gasteiger partial charge in [0, 0.05) is 17.1 Å². The van der Waals surface area contributed by atoms with E-state index in [0.29, 0.717) is 0 Å². The van der Waals surface area contributed by atoms with Crippen LogP contribution in [0.4, 0.5) is 0 Å². The molecule has 0 atom stereocenters. The van der Waals surface area contributed by atoms with Crippen LogP contribution in [0, 0.1) is 0 Å². The van der Waals surface area contributed by atoms with Crippen molar-refractivity contribution in [3.63, 3.8) is 0 Å². The molecule has 0 unspecified atom stereocenters. The minimum atomic E-state index is -2.92. The molecule has 0 heterocycles. The molecule has 0 amide bonds. The van der Waals surface area contributed by atoms with Crippen LogP contribution in [0.2, 0.25) is 0 Å². The van der Waals surface area contributed by atoms with Crippen molar-refractivity contribution in [2.75, 3.05) is 0 Å². The Morgan fingerprint density at radius 1 is 1.00 bits per heavy atom. The van der Waals surface area contributed by atoms with Crippen molar-refractivity contribution in [3.05, 3.63) is 0 Å². The van der Waals surface area contributed by atoms with Gasteiger partial charge in [-0.25, -0.2) is 0 Å². The van der Waals surface area contributed by atoms with Crippen LogP contribution in [-0.4, -0.2) is 12.8 Å². The summed E-state index contributed by atoms with van der Waals surface area (Å²) in [7, 11) is -2.92. The maximum absolute atomic E-state index is 8.42. The zero-order chi connectivity index (χ0) is 3.58. The van der Waals surface area contributed by atoms with Crippen molar-refractivity contribution < 1.29 is 37.6 Å². The molecule has 0 fully saturated rings. The summed E-state index contributed by atoms with van der Waals surface area (Å²) < 4.78 is 0. The van der Waals surface area contributed by atoms with Crippen molar-refractivity contribution in [1.29, 1.82) is 0 Å². The Labute approximate surface area is 45.8 Å². The van der Waals surface area contributed by atoms with E-state index in [1.807, 2.05) is 0 Å². The molecule has 0 aromatic heterocycles. The summed E-state index contributed by atoms with van der Waals surface area (Å²) in [4.78, 5) is 0. The predicted molar refractivity (Wildman–Crippen MR) is 7.69 cm³/mol. The first kappa shape index (κ1) is 16.1. The smallest absolute Gasteiger partial charge is 0 e. The molecule has 0 saturated carbocycles. The zero-order valence-corrected chi connectivity index (χ0v) is 3.81. The first-order chi connectivity index (χ1) is 1.73. The molecule has 0 spiro atoms. The average Bonchev–Trinajstić information content (AvgIpc) is 0.811. The van der Waals surface area contributed by atoms with E-state index >= 15 is 0 Å². The summed E-state index contributed by atoms with van der Waals surface area (Å²) >= 11 is 0. The number of hydrogen-bond acceptors (Lipinski definition) is 4. The maximum Gasteiger partial charge on any atom is 0 e. The van der Waals surface area contributed by atoms with Gasteiger partial charge in [-0.2, -0.15) is 0 Å². The van der Waals surface area contributed by atoms with Crippen LogP contribution < -0.4 is 15.1 Å². The van der Waals surface area contributed by atoms with Crippen molar-refractivity contribution >= 4 is 7.32 Å². The minimum absolute atomic E-state index is 0. The topological polar surface area (TPSA) is 99.2 Å². The first-order valence-electron chi connectivity index (χ1n) is 0.707. The fourth-order valence-corrected chi connectivity index (χ4v) is 0. The fourth-order valence-electron chi connectivity index (χ4n) is 0. The Morgan fingerprint density at radius 3 is 1.00 bits per heavy atom. The van der Waals surface area contributed by atoms with Crippen LogP contribution in [-0.2, 0) is 17.1 Å². The number of rotatable bonds is 0. The van der Waals surface area contributed by atoms with Crippen LogP contribution in [0.3, 0.4) is 0 Å². The van der Waals surface area contributed by atoms with Gasteiger partial charge in [-0.05, 0) is 0 Å². The average molecular weight is 131 g/mol. The fraction of sp³-hybridized carbons (Fsp3) is 0. The molecule has 0 bridgehead atoms. The van der Waals surface area contributed by atoms with Gasteiger partial charge in [0.25, 0.3) is 0 Å².